The molecular weight excluding hydrogens is 239 g/mol. The van der Waals surface area contributed by atoms with Gasteiger partial charge in [-0.25, -0.2) is 0 Å². The van der Waals surface area contributed by atoms with Crippen molar-refractivity contribution in [2.24, 2.45) is 0 Å². The molecule has 1 nitrogen and oxygen atoms in total. The van der Waals surface area contributed by atoms with Gasteiger partial charge < -0.3 is 4.90 Å². The Kier molecular flexibility index (Phi) is 4.47. The third-order valence-electron chi connectivity index (χ3n) is 2.29. The molecule has 0 aromatic heterocycles. The Morgan fingerprint density at radius 2 is 1.88 bits per heavy atom. The molecule has 0 unspecified atom stereocenters. The molecule has 1 aromatic carbocycles. The number of benzene rings is 1. The van der Waals surface area contributed by atoms with Crippen molar-refractivity contribution in [3.8, 4) is 0 Å². The molecule has 0 fully saturated rings. The predicted octanol–water partition coefficient (Wildman–Crippen LogP) is 3.77. The highest BCUT2D eigenvalue weighted by Crippen LogP contribution is 2.36. The van der Waals surface area contributed by atoms with Crippen molar-refractivity contribution in [2.75, 3.05) is 23.9 Å². The van der Waals surface area contributed by atoms with Gasteiger partial charge in [0.05, 0.1) is 5.56 Å². The summed E-state index contributed by atoms with van der Waals surface area (Å²) < 4.78 is 38.2. The summed E-state index contributed by atoms with van der Waals surface area (Å²) in [6.07, 6.45) is -4.32. The molecule has 0 bridgehead atoms. The van der Waals surface area contributed by atoms with E-state index in [9.17, 15) is 13.2 Å². The van der Waals surface area contributed by atoms with Crippen LogP contribution in [0.3, 0.4) is 0 Å². The normalized spacial score (nSPS) is 11.6. The summed E-state index contributed by atoms with van der Waals surface area (Å²) in [7, 11) is 0. The summed E-state index contributed by atoms with van der Waals surface area (Å²) in [4.78, 5) is 1.62. The zero-order valence-corrected chi connectivity index (χ0v) is 9.65. The molecule has 0 saturated carbocycles. The third kappa shape index (κ3) is 3.04. The Balaban J connectivity index is 3.11. The number of rotatable bonds is 4. The molecule has 16 heavy (non-hydrogen) atoms. The van der Waals surface area contributed by atoms with Gasteiger partial charge in [0, 0.05) is 24.7 Å². The molecule has 0 N–H and O–H groups in total. The van der Waals surface area contributed by atoms with E-state index in [1.54, 1.807) is 17.9 Å². The van der Waals surface area contributed by atoms with Crippen LogP contribution in [0.25, 0.3) is 0 Å². The fourth-order valence-electron chi connectivity index (χ4n) is 1.54. The van der Waals surface area contributed by atoms with E-state index in [0.717, 1.165) is 6.07 Å². The molecule has 1 aromatic rings. The molecule has 90 valence electrons. The highest BCUT2D eigenvalue weighted by atomic mass is 35.5. The van der Waals surface area contributed by atoms with Gasteiger partial charge in [-0.3, -0.25) is 0 Å². The number of hydrogen-bond acceptors (Lipinski definition) is 1. The number of halogens is 4. The van der Waals surface area contributed by atoms with Crippen molar-refractivity contribution in [1.82, 2.24) is 0 Å². The van der Waals surface area contributed by atoms with E-state index in [0.29, 0.717) is 19.0 Å². The molecule has 0 aliphatic rings. The predicted molar refractivity (Wildman–Crippen MR) is 60.1 cm³/mol. The van der Waals surface area contributed by atoms with Crippen LogP contribution in [0.4, 0.5) is 18.9 Å². The Bertz CT molecular complexity index is 338. The lowest BCUT2D eigenvalue weighted by Gasteiger charge is -2.25. The topological polar surface area (TPSA) is 3.24 Å². The van der Waals surface area contributed by atoms with Gasteiger partial charge in [0.15, 0.2) is 0 Å². The average Bonchev–Trinajstić information content (AvgIpc) is 2.25. The first kappa shape index (κ1) is 13.2. The number of hydrogen-bond donors (Lipinski definition) is 0. The van der Waals surface area contributed by atoms with Crippen LogP contribution in [-0.2, 0) is 6.18 Å². The Morgan fingerprint density at radius 3 is 2.38 bits per heavy atom. The molecule has 0 aliphatic heterocycles. The first-order valence-corrected chi connectivity index (χ1v) is 5.51. The fourth-order valence-corrected chi connectivity index (χ4v) is 1.74. The van der Waals surface area contributed by atoms with Crippen molar-refractivity contribution in [1.29, 1.82) is 0 Å². The first-order valence-electron chi connectivity index (χ1n) is 4.97. The van der Waals surface area contributed by atoms with Gasteiger partial charge >= 0.3 is 6.18 Å². The quantitative estimate of drug-likeness (QED) is 0.737. The van der Waals surface area contributed by atoms with Crippen molar-refractivity contribution in [3.63, 3.8) is 0 Å². The second-order valence-corrected chi connectivity index (χ2v) is 3.66. The maximum Gasteiger partial charge on any atom is 0.418 e. The zero-order chi connectivity index (χ0) is 12.2. The van der Waals surface area contributed by atoms with Gasteiger partial charge in [-0.2, -0.15) is 13.2 Å². The summed E-state index contributed by atoms with van der Waals surface area (Å²) in [5, 5.41) is 0. The van der Waals surface area contributed by atoms with Crippen LogP contribution < -0.4 is 4.90 Å². The molecule has 0 aliphatic carbocycles. The monoisotopic (exact) mass is 251 g/mol. The van der Waals surface area contributed by atoms with E-state index in [2.05, 4.69) is 0 Å². The van der Waals surface area contributed by atoms with Crippen LogP contribution in [-0.4, -0.2) is 19.0 Å². The summed E-state index contributed by atoms with van der Waals surface area (Å²) in [6, 6.07) is 5.55. The first-order chi connectivity index (χ1) is 7.50. The standard InChI is InChI=1S/C11H13ClF3N/c1-2-16(8-7-12)10-6-4-3-5-9(10)11(13,14)15/h3-6H,2,7-8H2,1H3. The lowest BCUT2D eigenvalue weighted by molar-refractivity contribution is -0.137. The van der Waals surface area contributed by atoms with Gasteiger partial charge in [0.25, 0.3) is 0 Å². The summed E-state index contributed by atoms with van der Waals surface area (Å²) in [5.74, 6) is 0.306. The van der Waals surface area contributed by atoms with E-state index in [4.69, 9.17) is 11.6 Å². The fraction of sp³-hybridized carbons (Fsp3) is 0.455. The molecular formula is C11H13ClF3N. The SMILES string of the molecule is CCN(CCCl)c1ccccc1C(F)(F)F. The van der Waals surface area contributed by atoms with E-state index >= 15 is 0 Å². The second-order valence-electron chi connectivity index (χ2n) is 3.28. The Hall–Kier alpha value is -0.900. The van der Waals surface area contributed by atoms with Crippen LogP contribution in [0.2, 0.25) is 0 Å². The Labute approximate surface area is 97.8 Å². The minimum atomic E-state index is -4.32. The van der Waals surface area contributed by atoms with Gasteiger partial charge in [0.2, 0.25) is 0 Å². The third-order valence-corrected chi connectivity index (χ3v) is 2.46. The highest BCUT2D eigenvalue weighted by Gasteiger charge is 2.34. The molecule has 1 rings (SSSR count). The lowest BCUT2D eigenvalue weighted by atomic mass is 10.1. The van der Waals surface area contributed by atoms with E-state index in [-0.39, 0.29) is 5.69 Å². The molecule has 0 atom stereocenters. The largest absolute Gasteiger partial charge is 0.418 e. The molecule has 5 heteroatoms. The minimum Gasteiger partial charge on any atom is -0.370 e. The highest BCUT2D eigenvalue weighted by molar-refractivity contribution is 6.18. The van der Waals surface area contributed by atoms with Crippen molar-refractivity contribution in [2.45, 2.75) is 13.1 Å². The van der Waals surface area contributed by atoms with E-state index in [1.165, 1.54) is 12.1 Å². The zero-order valence-electron chi connectivity index (χ0n) is 8.89. The molecule has 0 amide bonds. The lowest BCUT2D eigenvalue weighted by Crippen LogP contribution is -2.27. The summed E-state index contributed by atoms with van der Waals surface area (Å²) in [6.45, 7) is 2.71. The Morgan fingerprint density at radius 1 is 1.25 bits per heavy atom. The van der Waals surface area contributed by atoms with Gasteiger partial charge in [-0.15, -0.1) is 11.6 Å². The van der Waals surface area contributed by atoms with Crippen molar-refractivity contribution < 1.29 is 13.2 Å². The summed E-state index contributed by atoms with van der Waals surface area (Å²) in [5.41, 5.74) is -0.417. The molecule has 0 spiro atoms. The van der Waals surface area contributed by atoms with Crippen LogP contribution in [0.1, 0.15) is 12.5 Å². The minimum absolute atomic E-state index is 0.193. The van der Waals surface area contributed by atoms with Crippen molar-refractivity contribution in [3.05, 3.63) is 29.8 Å². The smallest absolute Gasteiger partial charge is 0.370 e. The van der Waals surface area contributed by atoms with Crippen LogP contribution in [0.5, 0.6) is 0 Å². The maximum atomic E-state index is 12.7. The van der Waals surface area contributed by atoms with Crippen molar-refractivity contribution >= 4 is 17.3 Å². The maximum absolute atomic E-state index is 12.7. The molecule has 0 radical (unpaired) electrons. The molecule has 0 heterocycles. The molecule has 0 saturated heterocycles. The van der Waals surface area contributed by atoms with Gasteiger partial charge in [-0.1, -0.05) is 12.1 Å². The van der Waals surface area contributed by atoms with Gasteiger partial charge in [0.1, 0.15) is 0 Å². The average molecular weight is 252 g/mol. The summed E-state index contributed by atoms with van der Waals surface area (Å²) >= 11 is 5.57. The number of para-hydroxylation sites is 1. The van der Waals surface area contributed by atoms with Crippen LogP contribution in [0, 0.1) is 0 Å². The second kappa shape index (κ2) is 5.43. The van der Waals surface area contributed by atoms with Gasteiger partial charge in [-0.05, 0) is 19.1 Å². The number of anilines is 1. The van der Waals surface area contributed by atoms with Crippen LogP contribution in [0.15, 0.2) is 24.3 Å². The number of alkyl halides is 4. The van der Waals surface area contributed by atoms with E-state index < -0.39 is 11.7 Å². The van der Waals surface area contributed by atoms with E-state index in [1.807, 2.05) is 0 Å². The number of nitrogens with zero attached hydrogens (tertiary/aromatic N) is 1. The van der Waals surface area contributed by atoms with Crippen LogP contribution >= 0.6 is 11.6 Å².